The van der Waals surface area contributed by atoms with Crippen molar-refractivity contribution in [2.75, 3.05) is 13.2 Å². The number of pyridine rings is 1. The zero-order valence-electron chi connectivity index (χ0n) is 9.73. The average molecular weight is 236 g/mol. The summed E-state index contributed by atoms with van der Waals surface area (Å²) in [5.74, 6) is 0.00740. The van der Waals surface area contributed by atoms with Crippen LogP contribution in [0.3, 0.4) is 0 Å². The number of nitrogens with one attached hydrogen (secondary N) is 2. The molecule has 92 valence electrons. The van der Waals surface area contributed by atoms with Crippen molar-refractivity contribution < 1.29 is 9.53 Å². The number of aromatic amines is 1. The molecule has 1 saturated heterocycles. The van der Waals surface area contributed by atoms with Crippen LogP contribution >= 0.6 is 0 Å². The summed E-state index contributed by atoms with van der Waals surface area (Å²) in [6.07, 6.45) is 3.88. The third-order valence-electron chi connectivity index (χ3n) is 3.10. The molecular weight excluding hydrogens is 220 g/mol. The van der Waals surface area contributed by atoms with Gasteiger partial charge in [-0.15, -0.1) is 0 Å². The van der Waals surface area contributed by atoms with E-state index in [1.54, 1.807) is 0 Å². The number of carbonyl (C=O) groups excluding carboxylic acids is 1. The Bertz CT molecular complexity index is 449. The fourth-order valence-corrected chi connectivity index (χ4v) is 1.94. The third kappa shape index (κ3) is 2.74. The van der Waals surface area contributed by atoms with Crippen LogP contribution in [0, 0.1) is 5.92 Å². The maximum Gasteiger partial charge on any atom is 0.256 e. The molecule has 0 aromatic carbocycles. The molecule has 0 spiro atoms. The van der Waals surface area contributed by atoms with Crippen LogP contribution in [0.4, 0.5) is 0 Å². The molecule has 5 nitrogen and oxygen atoms in total. The highest BCUT2D eigenvalue weighted by Gasteiger charge is 2.24. The van der Waals surface area contributed by atoms with Gasteiger partial charge in [-0.2, -0.15) is 0 Å². The summed E-state index contributed by atoms with van der Waals surface area (Å²) in [7, 11) is 0. The van der Waals surface area contributed by atoms with Crippen LogP contribution in [0.2, 0.25) is 0 Å². The van der Waals surface area contributed by atoms with E-state index in [-0.39, 0.29) is 22.9 Å². The smallest absolute Gasteiger partial charge is 0.256 e. The first-order valence-electron chi connectivity index (χ1n) is 5.74. The molecule has 0 radical (unpaired) electrons. The molecule has 1 aliphatic heterocycles. The summed E-state index contributed by atoms with van der Waals surface area (Å²) in [6.45, 7) is 3.36. The average Bonchev–Trinajstić information content (AvgIpc) is 2.82. The number of hydrogen-bond acceptors (Lipinski definition) is 3. The molecule has 17 heavy (non-hydrogen) atoms. The Balaban J connectivity index is 2.01. The van der Waals surface area contributed by atoms with E-state index >= 15 is 0 Å². The molecular formula is C12H16N2O3. The van der Waals surface area contributed by atoms with Gasteiger partial charge in [0, 0.05) is 37.0 Å². The molecule has 5 heteroatoms. The van der Waals surface area contributed by atoms with Gasteiger partial charge in [0.2, 0.25) is 0 Å². The quantitative estimate of drug-likeness (QED) is 0.804. The molecule has 1 fully saturated rings. The van der Waals surface area contributed by atoms with Gasteiger partial charge in [0.25, 0.3) is 5.91 Å². The van der Waals surface area contributed by atoms with Gasteiger partial charge >= 0.3 is 0 Å². The Labute approximate surface area is 99.2 Å². The maximum absolute atomic E-state index is 11.9. The number of ether oxygens (including phenoxy) is 1. The summed E-state index contributed by atoms with van der Waals surface area (Å²) in [6, 6.07) is 1.36. The summed E-state index contributed by atoms with van der Waals surface area (Å²) in [5, 5.41) is 2.84. The van der Waals surface area contributed by atoms with E-state index < -0.39 is 0 Å². The summed E-state index contributed by atoms with van der Waals surface area (Å²) in [5.41, 5.74) is -0.116. The van der Waals surface area contributed by atoms with Crippen molar-refractivity contribution in [3.05, 3.63) is 34.2 Å². The van der Waals surface area contributed by atoms with Crippen molar-refractivity contribution in [2.45, 2.75) is 19.4 Å². The van der Waals surface area contributed by atoms with E-state index in [2.05, 4.69) is 10.3 Å². The zero-order chi connectivity index (χ0) is 12.3. The Kier molecular flexibility index (Phi) is 3.58. The van der Waals surface area contributed by atoms with E-state index in [1.165, 1.54) is 18.5 Å². The van der Waals surface area contributed by atoms with E-state index in [4.69, 9.17) is 4.74 Å². The standard InChI is InChI=1S/C12H16N2O3/c1-8(9-3-5-17-7-9)14-12(16)10-6-13-4-2-11(10)15/h2,4,6,8-9H,3,5,7H2,1H3,(H,13,15)(H,14,16). The van der Waals surface area contributed by atoms with Crippen LogP contribution < -0.4 is 10.7 Å². The maximum atomic E-state index is 11.9. The first-order valence-corrected chi connectivity index (χ1v) is 5.74. The van der Waals surface area contributed by atoms with Crippen molar-refractivity contribution in [1.82, 2.24) is 10.3 Å². The number of carbonyl (C=O) groups is 1. The van der Waals surface area contributed by atoms with Gasteiger partial charge in [0.1, 0.15) is 5.56 Å². The van der Waals surface area contributed by atoms with E-state index in [9.17, 15) is 9.59 Å². The second-order valence-electron chi connectivity index (χ2n) is 4.31. The first-order chi connectivity index (χ1) is 8.18. The van der Waals surface area contributed by atoms with Crippen molar-refractivity contribution in [3.63, 3.8) is 0 Å². The number of amides is 1. The molecule has 0 saturated carbocycles. The van der Waals surface area contributed by atoms with Gasteiger partial charge in [-0.25, -0.2) is 0 Å². The van der Waals surface area contributed by atoms with Gasteiger partial charge in [0.05, 0.1) is 6.61 Å². The fourth-order valence-electron chi connectivity index (χ4n) is 1.94. The molecule has 2 atom stereocenters. The molecule has 1 aliphatic rings. The lowest BCUT2D eigenvalue weighted by molar-refractivity contribution is 0.0920. The van der Waals surface area contributed by atoms with Crippen LogP contribution in [-0.4, -0.2) is 30.1 Å². The predicted octanol–water partition coefficient (Wildman–Crippen LogP) is 0.530. The number of hydrogen-bond donors (Lipinski definition) is 2. The largest absolute Gasteiger partial charge is 0.381 e. The van der Waals surface area contributed by atoms with Gasteiger partial charge in [-0.1, -0.05) is 0 Å². The van der Waals surface area contributed by atoms with Gasteiger partial charge < -0.3 is 15.0 Å². The zero-order valence-corrected chi connectivity index (χ0v) is 9.73. The van der Waals surface area contributed by atoms with Crippen LogP contribution in [0.25, 0.3) is 0 Å². The van der Waals surface area contributed by atoms with E-state index in [1.807, 2.05) is 6.92 Å². The minimum atomic E-state index is -0.328. The molecule has 1 amide bonds. The monoisotopic (exact) mass is 236 g/mol. The molecule has 2 rings (SSSR count). The van der Waals surface area contributed by atoms with Crippen molar-refractivity contribution in [2.24, 2.45) is 5.92 Å². The lowest BCUT2D eigenvalue weighted by Gasteiger charge is -2.18. The lowest BCUT2D eigenvalue weighted by Crippen LogP contribution is -2.40. The van der Waals surface area contributed by atoms with Crippen LogP contribution in [0.5, 0.6) is 0 Å². The Morgan fingerprint density at radius 3 is 3.12 bits per heavy atom. The van der Waals surface area contributed by atoms with E-state index in [0.717, 1.165) is 13.0 Å². The fraction of sp³-hybridized carbons (Fsp3) is 0.500. The Morgan fingerprint density at radius 1 is 1.65 bits per heavy atom. The number of rotatable bonds is 3. The molecule has 2 unspecified atom stereocenters. The normalized spacial score (nSPS) is 21.1. The lowest BCUT2D eigenvalue weighted by atomic mass is 10.0. The SMILES string of the molecule is CC(NC(=O)c1c[nH]ccc1=O)C1CCOC1. The highest BCUT2D eigenvalue weighted by molar-refractivity contribution is 5.93. The Morgan fingerprint density at radius 2 is 2.47 bits per heavy atom. The van der Waals surface area contributed by atoms with Crippen LogP contribution in [-0.2, 0) is 4.74 Å². The number of H-pyrrole nitrogens is 1. The minimum Gasteiger partial charge on any atom is -0.381 e. The first kappa shape index (κ1) is 11.9. The Hall–Kier alpha value is -1.62. The van der Waals surface area contributed by atoms with Crippen molar-refractivity contribution in [1.29, 1.82) is 0 Å². The topological polar surface area (TPSA) is 71.2 Å². The molecule has 2 heterocycles. The second kappa shape index (κ2) is 5.14. The summed E-state index contributed by atoms with van der Waals surface area (Å²) in [4.78, 5) is 26.1. The summed E-state index contributed by atoms with van der Waals surface area (Å²) < 4.78 is 5.27. The van der Waals surface area contributed by atoms with Crippen molar-refractivity contribution in [3.8, 4) is 0 Å². The highest BCUT2D eigenvalue weighted by atomic mass is 16.5. The second-order valence-corrected chi connectivity index (χ2v) is 4.31. The molecule has 2 N–H and O–H groups in total. The molecule has 0 aliphatic carbocycles. The van der Waals surface area contributed by atoms with Crippen molar-refractivity contribution >= 4 is 5.91 Å². The molecule has 1 aromatic rings. The number of aromatic nitrogens is 1. The van der Waals surface area contributed by atoms with Crippen LogP contribution in [0.1, 0.15) is 23.7 Å². The molecule has 1 aromatic heterocycles. The summed E-state index contributed by atoms with van der Waals surface area (Å²) >= 11 is 0. The predicted molar refractivity (Wildman–Crippen MR) is 62.9 cm³/mol. The third-order valence-corrected chi connectivity index (χ3v) is 3.10. The van der Waals surface area contributed by atoms with Gasteiger partial charge in [0.15, 0.2) is 5.43 Å². The van der Waals surface area contributed by atoms with Crippen LogP contribution in [0.15, 0.2) is 23.3 Å². The van der Waals surface area contributed by atoms with Gasteiger partial charge in [-0.3, -0.25) is 9.59 Å². The highest BCUT2D eigenvalue weighted by Crippen LogP contribution is 2.16. The van der Waals surface area contributed by atoms with Gasteiger partial charge in [-0.05, 0) is 13.3 Å². The van der Waals surface area contributed by atoms with E-state index in [0.29, 0.717) is 12.5 Å². The molecule has 0 bridgehead atoms. The minimum absolute atomic E-state index is 0.0182.